The lowest BCUT2D eigenvalue weighted by molar-refractivity contribution is 0.192. The van der Waals surface area contributed by atoms with Crippen molar-refractivity contribution in [3.8, 4) is 0 Å². The van der Waals surface area contributed by atoms with Gasteiger partial charge in [0.05, 0.1) is 12.6 Å². The van der Waals surface area contributed by atoms with Crippen molar-refractivity contribution in [2.24, 2.45) is 0 Å². The van der Waals surface area contributed by atoms with Crippen LogP contribution in [0.1, 0.15) is 37.2 Å². The number of aromatic nitrogens is 3. The van der Waals surface area contributed by atoms with Crippen LogP contribution in [0, 0.1) is 0 Å². The van der Waals surface area contributed by atoms with Crippen LogP contribution < -0.4 is 5.32 Å². The Balaban J connectivity index is 1.53. The number of carbonyl (C=O) groups excluding carboxylic acids is 1. The van der Waals surface area contributed by atoms with E-state index in [1.165, 1.54) is 16.3 Å². The van der Waals surface area contributed by atoms with Crippen molar-refractivity contribution < 1.29 is 4.79 Å². The zero-order valence-electron chi connectivity index (χ0n) is 14.9. The second-order valence-electron chi connectivity index (χ2n) is 6.61. The van der Waals surface area contributed by atoms with Crippen molar-refractivity contribution in [2.75, 3.05) is 6.54 Å². The van der Waals surface area contributed by atoms with E-state index in [2.05, 4.69) is 58.0 Å². The first kappa shape index (κ1) is 16.6. The maximum Gasteiger partial charge on any atom is 0.318 e. The van der Waals surface area contributed by atoms with E-state index < -0.39 is 0 Å². The Morgan fingerprint density at radius 2 is 2.08 bits per heavy atom. The van der Waals surface area contributed by atoms with Crippen LogP contribution in [0.15, 0.2) is 48.8 Å². The van der Waals surface area contributed by atoms with Gasteiger partial charge in [0.15, 0.2) is 5.82 Å². The van der Waals surface area contributed by atoms with E-state index in [1.54, 1.807) is 6.33 Å². The van der Waals surface area contributed by atoms with Gasteiger partial charge in [-0.1, -0.05) is 42.5 Å². The summed E-state index contributed by atoms with van der Waals surface area (Å²) in [6, 6.07) is 14.8. The van der Waals surface area contributed by atoms with Gasteiger partial charge in [-0.3, -0.25) is 0 Å². The van der Waals surface area contributed by atoms with E-state index in [4.69, 9.17) is 0 Å². The summed E-state index contributed by atoms with van der Waals surface area (Å²) in [4.78, 5) is 14.8. The normalized spacial score (nSPS) is 17.0. The number of fused-ring (bicyclic) bond motifs is 1. The van der Waals surface area contributed by atoms with Crippen LogP contribution in [0.2, 0.25) is 0 Å². The van der Waals surface area contributed by atoms with Crippen LogP contribution in [-0.2, 0) is 13.1 Å². The third-order valence-corrected chi connectivity index (χ3v) is 5.13. The van der Waals surface area contributed by atoms with Crippen molar-refractivity contribution in [3.05, 3.63) is 60.2 Å². The third-order valence-electron chi connectivity index (χ3n) is 5.13. The zero-order valence-corrected chi connectivity index (χ0v) is 14.9. The van der Waals surface area contributed by atoms with Crippen molar-refractivity contribution in [1.29, 1.82) is 0 Å². The van der Waals surface area contributed by atoms with Crippen LogP contribution in [0.3, 0.4) is 0 Å². The van der Waals surface area contributed by atoms with Crippen molar-refractivity contribution >= 4 is 16.8 Å². The highest BCUT2D eigenvalue weighted by molar-refractivity contribution is 5.87. The van der Waals surface area contributed by atoms with Gasteiger partial charge in [-0.15, -0.1) is 10.2 Å². The molecule has 1 N–H and O–H groups in total. The molecule has 1 aliphatic heterocycles. The molecule has 1 aliphatic rings. The maximum atomic E-state index is 12.8. The molecular formula is C20H23N5O. The summed E-state index contributed by atoms with van der Waals surface area (Å²) in [5, 5.41) is 13.5. The van der Waals surface area contributed by atoms with Gasteiger partial charge in [0.25, 0.3) is 0 Å². The summed E-state index contributed by atoms with van der Waals surface area (Å²) in [5.74, 6) is 0.779. The largest absolute Gasteiger partial charge is 0.331 e. The molecule has 2 aromatic carbocycles. The zero-order chi connectivity index (χ0) is 17.9. The molecule has 4 rings (SSSR count). The summed E-state index contributed by atoms with van der Waals surface area (Å²) in [6.45, 7) is 4.00. The first-order chi connectivity index (χ1) is 12.8. The Morgan fingerprint density at radius 3 is 2.96 bits per heavy atom. The summed E-state index contributed by atoms with van der Waals surface area (Å²) < 4.78 is 1.94. The topological polar surface area (TPSA) is 63.1 Å². The second-order valence-corrected chi connectivity index (χ2v) is 6.61. The molecule has 134 valence electrons. The Kier molecular flexibility index (Phi) is 4.56. The Labute approximate surface area is 152 Å². The Morgan fingerprint density at radius 1 is 1.23 bits per heavy atom. The predicted octanol–water partition coefficient (Wildman–Crippen LogP) is 3.50. The summed E-state index contributed by atoms with van der Waals surface area (Å²) >= 11 is 0. The van der Waals surface area contributed by atoms with Crippen LogP contribution in [0.25, 0.3) is 10.8 Å². The molecular weight excluding hydrogens is 326 g/mol. The van der Waals surface area contributed by atoms with Gasteiger partial charge in [-0.25, -0.2) is 4.79 Å². The minimum atomic E-state index is -0.0360. The first-order valence-corrected chi connectivity index (χ1v) is 9.16. The molecule has 6 heteroatoms. The molecule has 3 aromatic rings. The van der Waals surface area contributed by atoms with E-state index in [1.807, 2.05) is 16.4 Å². The number of benzene rings is 2. The molecule has 1 saturated heterocycles. The molecule has 1 atom stereocenters. The Bertz CT molecular complexity index is 914. The molecule has 2 amide bonds. The number of rotatable bonds is 4. The number of aryl methyl sites for hydroxylation is 1. The standard InChI is InChI=1S/C20H23N5O/c1-2-24-14-22-23-19(24)13-21-20(26)25-12-6-11-18(25)17-10-5-8-15-7-3-4-9-16(15)17/h3-5,7-10,14,18H,2,6,11-13H2,1H3,(H,21,26). The van der Waals surface area contributed by atoms with Gasteiger partial charge >= 0.3 is 6.03 Å². The predicted molar refractivity (Wildman–Crippen MR) is 101 cm³/mol. The van der Waals surface area contributed by atoms with Crippen LogP contribution >= 0.6 is 0 Å². The first-order valence-electron chi connectivity index (χ1n) is 9.16. The molecule has 0 radical (unpaired) electrons. The average molecular weight is 349 g/mol. The summed E-state index contributed by atoms with van der Waals surface area (Å²) in [5.41, 5.74) is 1.23. The molecule has 26 heavy (non-hydrogen) atoms. The highest BCUT2D eigenvalue weighted by Gasteiger charge is 2.30. The summed E-state index contributed by atoms with van der Waals surface area (Å²) in [6.07, 6.45) is 3.70. The average Bonchev–Trinajstić information content (AvgIpc) is 3.34. The molecule has 0 spiro atoms. The second kappa shape index (κ2) is 7.15. The lowest BCUT2D eigenvalue weighted by atomic mass is 9.97. The fraction of sp³-hybridized carbons (Fsp3) is 0.350. The summed E-state index contributed by atoms with van der Waals surface area (Å²) in [7, 11) is 0. The third kappa shape index (κ3) is 3.03. The van der Waals surface area contributed by atoms with Crippen LogP contribution in [0.5, 0.6) is 0 Å². The molecule has 0 bridgehead atoms. The number of nitrogens with one attached hydrogen (secondary N) is 1. The monoisotopic (exact) mass is 349 g/mol. The highest BCUT2D eigenvalue weighted by Crippen LogP contribution is 2.35. The lowest BCUT2D eigenvalue weighted by Crippen LogP contribution is -2.39. The minimum Gasteiger partial charge on any atom is -0.331 e. The quantitative estimate of drug-likeness (QED) is 0.784. The number of nitrogens with zero attached hydrogens (tertiary/aromatic N) is 4. The lowest BCUT2D eigenvalue weighted by Gasteiger charge is -2.26. The Hall–Kier alpha value is -2.89. The van der Waals surface area contributed by atoms with E-state index in [9.17, 15) is 4.79 Å². The van der Waals surface area contributed by atoms with Crippen LogP contribution in [0.4, 0.5) is 4.79 Å². The van der Waals surface area contributed by atoms with Gasteiger partial charge < -0.3 is 14.8 Å². The van der Waals surface area contributed by atoms with Crippen molar-refractivity contribution in [2.45, 2.75) is 38.9 Å². The number of hydrogen-bond donors (Lipinski definition) is 1. The molecule has 0 saturated carbocycles. The van der Waals surface area contributed by atoms with E-state index >= 15 is 0 Å². The van der Waals surface area contributed by atoms with E-state index in [0.29, 0.717) is 6.54 Å². The number of amides is 2. The SMILES string of the molecule is CCn1cnnc1CNC(=O)N1CCCC1c1cccc2ccccc12. The van der Waals surface area contributed by atoms with Gasteiger partial charge in [-0.2, -0.15) is 0 Å². The smallest absolute Gasteiger partial charge is 0.318 e. The van der Waals surface area contributed by atoms with Gasteiger partial charge in [0.2, 0.25) is 0 Å². The fourth-order valence-electron chi connectivity index (χ4n) is 3.81. The molecule has 0 aliphatic carbocycles. The van der Waals surface area contributed by atoms with E-state index in [-0.39, 0.29) is 12.1 Å². The number of carbonyl (C=O) groups is 1. The maximum absolute atomic E-state index is 12.8. The fourth-order valence-corrected chi connectivity index (χ4v) is 3.81. The van der Waals surface area contributed by atoms with Gasteiger partial charge in [0.1, 0.15) is 6.33 Å². The van der Waals surface area contributed by atoms with Gasteiger partial charge in [0, 0.05) is 13.1 Å². The number of likely N-dealkylation sites (tertiary alicyclic amines) is 1. The minimum absolute atomic E-state index is 0.0360. The number of urea groups is 1. The highest BCUT2D eigenvalue weighted by atomic mass is 16.2. The van der Waals surface area contributed by atoms with Crippen molar-refractivity contribution in [3.63, 3.8) is 0 Å². The molecule has 2 heterocycles. The number of hydrogen-bond acceptors (Lipinski definition) is 3. The molecule has 1 unspecified atom stereocenters. The van der Waals surface area contributed by atoms with Gasteiger partial charge in [-0.05, 0) is 36.1 Å². The van der Waals surface area contributed by atoms with Crippen LogP contribution in [-0.4, -0.2) is 32.2 Å². The van der Waals surface area contributed by atoms with Crippen molar-refractivity contribution in [1.82, 2.24) is 25.0 Å². The molecule has 1 fully saturated rings. The van der Waals surface area contributed by atoms with E-state index in [0.717, 1.165) is 31.8 Å². The molecule has 6 nitrogen and oxygen atoms in total. The molecule has 1 aromatic heterocycles.